The van der Waals surface area contributed by atoms with Crippen LogP contribution in [0.3, 0.4) is 0 Å². The number of carboxylic acid groups (broad SMARTS) is 1. The summed E-state index contributed by atoms with van der Waals surface area (Å²) >= 11 is 0. The van der Waals surface area contributed by atoms with E-state index in [4.69, 9.17) is 4.74 Å². The van der Waals surface area contributed by atoms with Gasteiger partial charge in [0.2, 0.25) is 5.88 Å². The molecular formula is C15H23N3O3. The summed E-state index contributed by atoms with van der Waals surface area (Å²) in [5.41, 5.74) is -0.654. The highest BCUT2D eigenvalue weighted by Gasteiger charge is 2.44. The first-order valence-electron chi connectivity index (χ1n) is 7.44. The fourth-order valence-corrected chi connectivity index (χ4v) is 2.84. The van der Waals surface area contributed by atoms with Gasteiger partial charge in [-0.15, -0.1) is 0 Å². The Morgan fingerprint density at radius 3 is 2.90 bits per heavy atom. The van der Waals surface area contributed by atoms with Gasteiger partial charge >= 0.3 is 5.97 Å². The van der Waals surface area contributed by atoms with E-state index in [2.05, 4.69) is 9.97 Å². The number of anilines is 1. The highest BCUT2D eigenvalue weighted by Crippen LogP contribution is 2.37. The predicted octanol–water partition coefficient (Wildman–Crippen LogP) is 2.35. The third-order valence-corrected chi connectivity index (χ3v) is 3.84. The molecule has 116 valence electrons. The summed E-state index contributed by atoms with van der Waals surface area (Å²) in [5, 5.41) is 9.55. The average molecular weight is 293 g/mol. The van der Waals surface area contributed by atoms with Gasteiger partial charge in [-0.05, 0) is 26.7 Å². The first kappa shape index (κ1) is 15.5. The molecule has 1 atom stereocenters. The molecule has 1 aromatic heterocycles. The topological polar surface area (TPSA) is 75.5 Å². The zero-order chi connectivity index (χ0) is 15.5. The number of nitrogens with zero attached hydrogens (tertiary/aromatic N) is 3. The SMILES string of the molecule is CCCC1(C(=O)O)CCN(c2cc(OC(C)C)ncn2)C1. The van der Waals surface area contributed by atoms with Crippen LogP contribution >= 0.6 is 0 Å². The molecule has 0 aromatic carbocycles. The minimum Gasteiger partial charge on any atom is -0.481 e. The van der Waals surface area contributed by atoms with Crippen molar-refractivity contribution in [1.29, 1.82) is 0 Å². The van der Waals surface area contributed by atoms with Crippen molar-refractivity contribution >= 4 is 11.8 Å². The molecule has 2 heterocycles. The van der Waals surface area contributed by atoms with Crippen molar-refractivity contribution in [3.63, 3.8) is 0 Å². The van der Waals surface area contributed by atoms with Gasteiger partial charge in [0, 0.05) is 19.2 Å². The first-order valence-corrected chi connectivity index (χ1v) is 7.44. The summed E-state index contributed by atoms with van der Waals surface area (Å²) in [5.74, 6) is 0.553. The van der Waals surface area contributed by atoms with E-state index >= 15 is 0 Å². The molecule has 6 heteroatoms. The Kier molecular flexibility index (Phi) is 4.65. The Morgan fingerprint density at radius 1 is 1.52 bits per heavy atom. The van der Waals surface area contributed by atoms with Crippen molar-refractivity contribution in [2.75, 3.05) is 18.0 Å². The summed E-state index contributed by atoms with van der Waals surface area (Å²) in [6.07, 6.45) is 3.73. The maximum absolute atomic E-state index is 11.6. The van der Waals surface area contributed by atoms with Crippen molar-refractivity contribution < 1.29 is 14.6 Å². The maximum atomic E-state index is 11.6. The smallest absolute Gasteiger partial charge is 0.311 e. The van der Waals surface area contributed by atoms with Gasteiger partial charge < -0.3 is 14.7 Å². The van der Waals surface area contributed by atoms with Gasteiger partial charge in [0.15, 0.2) is 0 Å². The largest absolute Gasteiger partial charge is 0.481 e. The molecule has 0 radical (unpaired) electrons. The van der Waals surface area contributed by atoms with Crippen molar-refractivity contribution in [2.24, 2.45) is 5.41 Å². The minimum atomic E-state index is -0.709. The van der Waals surface area contributed by atoms with E-state index in [9.17, 15) is 9.90 Å². The number of aromatic nitrogens is 2. The number of ether oxygens (including phenoxy) is 1. The second-order valence-corrected chi connectivity index (χ2v) is 5.89. The summed E-state index contributed by atoms with van der Waals surface area (Å²) < 4.78 is 5.57. The average Bonchev–Trinajstić information content (AvgIpc) is 2.84. The van der Waals surface area contributed by atoms with Crippen LogP contribution in [0.2, 0.25) is 0 Å². The fraction of sp³-hybridized carbons (Fsp3) is 0.667. The predicted molar refractivity (Wildman–Crippen MR) is 79.6 cm³/mol. The molecule has 0 spiro atoms. The lowest BCUT2D eigenvalue weighted by Crippen LogP contribution is -2.34. The molecule has 1 aliphatic rings. The second kappa shape index (κ2) is 6.28. The molecule has 1 fully saturated rings. The van der Waals surface area contributed by atoms with Crippen LogP contribution in [0.15, 0.2) is 12.4 Å². The molecule has 1 saturated heterocycles. The van der Waals surface area contributed by atoms with E-state index in [0.29, 0.717) is 31.8 Å². The van der Waals surface area contributed by atoms with Gasteiger partial charge in [0.1, 0.15) is 12.1 Å². The normalized spacial score (nSPS) is 21.8. The standard InChI is InChI=1S/C15H23N3O3/c1-4-5-15(14(19)20)6-7-18(9-15)12-8-13(17-10-16-12)21-11(2)3/h8,10-11H,4-7,9H2,1-3H3,(H,19,20). The van der Waals surface area contributed by atoms with Crippen molar-refractivity contribution in [2.45, 2.75) is 46.1 Å². The number of carboxylic acids is 1. The molecule has 1 aromatic rings. The maximum Gasteiger partial charge on any atom is 0.311 e. The lowest BCUT2D eigenvalue weighted by Gasteiger charge is -2.24. The number of aliphatic carboxylic acids is 1. The highest BCUT2D eigenvalue weighted by atomic mass is 16.5. The van der Waals surface area contributed by atoms with Crippen molar-refractivity contribution in [1.82, 2.24) is 9.97 Å². The molecule has 0 aliphatic carbocycles. The quantitative estimate of drug-likeness (QED) is 0.867. The summed E-state index contributed by atoms with van der Waals surface area (Å²) in [6, 6.07) is 1.78. The zero-order valence-electron chi connectivity index (χ0n) is 12.9. The molecule has 21 heavy (non-hydrogen) atoms. The monoisotopic (exact) mass is 293 g/mol. The lowest BCUT2D eigenvalue weighted by molar-refractivity contribution is -0.148. The molecule has 1 unspecified atom stereocenters. The second-order valence-electron chi connectivity index (χ2n) is 5.89. The Bertz CT molecular complexity index is 507. The molecule has 1 aliphatic heterocycles. The summed E-state index contributed by atoms with van der Waals surface area (Å²) in [4.78, 5) is 22.0. The van der Waals surface area contributed by atoms with E-state index in [1.54, 1.807) is 6.07 Å². The molecule has 0 saturated carbocycles. The summed E-state index contributed by atoms with van der Waals surface area (Å²) in [7, 11) is 0. The van der Waals surface area contributed by atoms with Crippen molar-refractivity contribution in [3.8, 4) is 5.88 Å². The minimum absolute atomic E-state index is 0.0459. The van der Waals surface area contributed by atoms with E-state index in [0.717, 1.165) is 12.2 Å². The van der Waals surface area contributed by atoms with E-state index in [1.807, 2.05) is 25.7 Å². The number of carbonyl (C=O) groups is 1. The number of rotatable bonds is 6. The Labute approximate surface area is 125 Å². The van der Waals surface area contributed by atoms with Crippen LogP contribution in [0.1, 0.15) is 40.0 Å². The molecular weight excluding hydrogens is 270 g/mol. The van der Waals surface area contributed by atoms with Crippen LogP contribution in [-0.2, 0) is 4.79 Å². The molecule has 6 nitrogen and oxygen atoms in total. The van der Waals surface area contributed by atoms with E-state index < -0.39 is 11.4 Å². The van der Waals surface area contributed by atoms with Crippen LogP contribution < -0.4 is 9.64 Å². The summed E-state index contributed by atoms with van der Waals surface area (Å²) in [6.45, 7) is 7.09. The van der Waals surface area contributed by atoms with Crippen LogP contribution in [0.5, 0.6) is 5.88 Å². The molecule has 1 N–H and O–H groups in total. The van der Waals surface area contributed by atoms with Gasteiger partial charge in [-0.3, -0.25) is 4.79 Å². The van der Waals surface area contributed by atoms with Crippen LogP contribution in [0, 0.1) is 5.41 Å². The van der Waals surface area contributed by atoms with Gasteiger partial charge in [-0.25, -0.2) is 9.97 Å². The van der Waals surface area contributed by atoms with Crippen LogP contribution in [0.4, 0.5) is 5.82 Å². The Hall–Kier alpha value is -1.85. The van der Waals surface area contributed by atoms with Gasteiger partial charge in [-0.2, -0.15) is 0 Å². The van der Waals surface area contributed by atoms with Crippen molar-refractivity contribution in [3.05, 3.63) is 12.4 Å². The van der Waals surface area contributed by atoms with E-state index in [-0.39, 0.29) is 6.10 Å². The van der Waals surface area contributed by atoms with Crippen LogP contribution in [0.25, 0.3) is 0 Å². The highest BCUT2D eigenvalue weighted by molar-refractivity contribution is 5.76. The molecule has 0 amide bonds. The Balaban J connectivity index is 2.15. The third kappa shape index (κ3) is 3.43. The van der Waals surface area contributed by atoms with Gasteiger partial charge in [0.25, 0.3) is 0 Å². The third-order valence-electron chi connectivity index (χ3n) is 3.84. The zero-order valence-corrected chi connectivity index (χ0v) is 12.9. The fourth-order valence-electron chi connectivity index (χ4n) is 2.84. The number of hydrogen-bond donors (Lipinski definition) is 1. The molecule has 0 bridgehead atoms. The lowest BCUT2D eigenvalue weighted by atomic mass is 9.83. The van der Waals surface area contributed by atoms with E-state index in [1.165, 1.54) is 6.33 Å². The van der Waals surface area contributed by atoms with Gasteiger partial charge in [-0.1, -0.05) is 13.3 Å². The Morgan fingerprint density at radius 2 is 2.29 bits per heavy atom. The van der Waals surface area contributed by atoms with Gasteiger partial charge in [0.05, 0.1) is 11.5 Å². The first-order chi connectivity index (χ1) is 9.97. The van der Waals surface area contributed by atoms with Crippen LogP contribution in [-0.4, -0.2) is 40.2 Å². The number of hydrogen-bond acceptors (Lipinski definition) is 5. The molecule has 2 rings (SSSR count).